The fraction of sp³-hybridized carbons (Fsp3) is 0.421. The quantitative estimate of drug-likeness (QED) is 0.929. The summed E-state index contributed by atoms with van der Waals surface area (Å²) in [6.45, 7) is 4.46. The van der Waals surface area contributed by atoms with E-state index in [0.29, 0.717) is 5.92 Å². The first-order chi connectivity index (χ1) is 11.8. The van der Waals surface area contributed by atoms with Gasteiger partial charge in [-0.1, -0.05) is 18.2 Å². The van der Waals surface area contributed by atoms with Gasteiger partial charge in [0.25, 0.3) is 0 Å². The molecule has 0 unspecified atom stereocenters. The van der Waals surface area contributed by atoms with Crippen molar-refractivity contribution < 1.29 is 4.79 Å². The van der Waals surface area contributed by atoms with E-state index in [-0.39, 0.29) is 6.03 Å². The average Bonchev–Trinajstić information content (AvgIpc) is 3.29. The van der Waals surface area contributed by atoms with Crippen molar-refractivity contribution in [2.75, 3.05) is 31.1 Å². The molecule has 2 aliphatic heterocycles. The van der Waals surface area contributed by atoms with Crippen LogP contribution in [0, 0.1) is 5.92 Å². The molecule has 5 heteroatoms. The first kappa shape index (κ1) is 15.5. The zero-order valence-electron chi connectivity index (χ0n) is 13.8. The van der Waals surface area contributed by atoms with E-state index in [9.17, 15) is 4.79 Å². The van der Waals surface area contributed by atoms with Gasteiger partial charge in [-0.05, 0) is 47.9 Å². The summed E-state index contributed by atoms with van der Waals surface area (Å²) in [6.07, 6.45) is 2.13. The maximum Gasteiger partial charge on any atom is 0.317 e. The molecule has 2 amide bonds. The molecule has 4 nitrogen and oxygen atoms in total. The lowest BCUT2D eigenvalue weighted by atomic mass is 10.1. The number of thiophene rings is 1. The number of rotatable bonds is 3. The highest BCUT2D eigenvalue weighted by Crippen LogP contribution is 2.25. The first-order valence-electron chi connectivity index (χ1n) is 8.67. The second-order valence-corrected chi connectivity index (χ2v) is 7.66. The minimum Gasteiger partial charge on any atom is -0.371 e. The molecular weight excluding hydrogens is 318 g/mol. The third-order valence-electron chi connectivity index (χ3n) is 5.04. The van der Waals surface area contributed by atoms with E-state index >= 15 is 0 Å². The Bertz CT molecular complexity index is 700. The van der Waals surface area contributed by atoms with Gasteiger partial charge in [0, 0.05) is 43.3 Å². The van der Waals surface area contributed by atoms with Crippen LogP contribution in [0.1, 0.15) is 16.9 Å². The zero-order chi connectivity index (χ0) is 16.4. The molecule has 2 aromatic rings. The number of anilines is 1. The summed E-state index contributed by atoms with van der Waals surface area (Å²) in [7, 11) is 0. The van der Waals surface area contributed by atoms with E-state index in [0.717, 1.165) is 45.6 Å². The van der Waals surface area contributed by atoms with Gasteiger partial charge in [-0.15, -0.1) is 11.3 Å². The smallest absolute Gasteiger partial charge is 0.317 e. The number of hydrogen-bond acceptors (Lipinski definition) is 3. The topological polar surface area (TPSA) is 35.6 Å². The summed E-state index contributed by atoms with van der Waals surface area (Å²) in [6, 6.07) is 12.8. The fourth-order valence-corrected chi connectivity index (χ4v) is 4.53. The molecule has 0 spiro atoms. The van der Waals surface area contributed by atoms with E-state index < -0.39 is 0 Å². The largest absolute Gasteiger partial charge is 0.371 e. The Morgan fingerprint density at radius 2 is 2.08 bits per heavy atom. The van der Waals surface area contributed by atoms with Crippen LogP contribution in [0.4, 0.5) is 10.5 Å². The minimum atomic E-state index is 0.0880. The Morgan fingerprint density at radius 3 is 2.96 bits per heavy atom. The van der Waals surface area contributed by atoms with Crippen LogP contribution in [-0.4, -0.2) is 37.1 Å². The molecule has 1 aromatic heterocycles. The summed E-state index contributed by atoms with van der Waals surface area (Å²) in [5.41, 5.74) is 2.60. The summed E-state index contributed by atoms with van der Waals surface area (Å²) >= 11 is 1.81. The maximum absolute atomic E-state index is 12.4. The van der Waals surface area contributed by atoms with Crippen molar-refractivity contribution in [2.24, 2.45) is 5.92 Å². The number of carbonyl (C=O) groups is 1. The molecule has 1 fully saturated rings. The standard InChI is InChI=1S/C19H23N3OS/c23-19(22-10-7-18-16(14-22)8-11-24-18)20-12-15-6-9-21(13-15)17-4-2-1-3-5-17/h1-5,8,11,15H,6-7,9-10,12-14H2,(H,20,23)/t15-/m1/s1. The number of nitrogens with zero attached hydrogens (tertiary/aromatic N) is 2. The predicted molar refractivity (Wildman–Crippen MR) is 98.6 cm³/mol. The van der Waals surface area contributed by atoms with Gasteiger partial charge < -0.3 is 15.1 Å². The number of amides is 2. The van der Waals surface area contributed by atoms with E-state index in [2.05, 4.69) is 52.0 Å². The number of nitrogens with one attached hydrogen (secondary N) is 1. The Balaban J connectivity index is 1.26. The lowest BCUT2D eigenvalue weighted by molar-refractivity contribution is 0.191. The monoisotopic (exact) mass is 341 g/mol. The summed E-state index contributed by atoms with van der Waals surface area (Å²) in [5.74, 6) is 0.538. The maximum atomic E-state index is 12.4. The summed E-state index contributed by atoms with van der Waals surface area (Å²) < 4.78 is 0. The van der Waals surface area contributed by atoms with Crippen molar-refractivity contribution in [3.63, 3.8) is 0 Å². The molecule has 1 atom stereocenters. The van der Waals surface area contributed by atoms with Crippen molar-refractivity contribution in [3.8, 4) is 0 Å². The molecular formula is C19H23N3OS. The van der Waals surface area contributed by atoms with Gasteiger partial charge in [-0.25, -0.2) is 4.79 Å². The zero-order valence-corrected chi connectivity index (χ0v) is 14.6. The molecule has 4 rings (SSSR count). The Morgan fingerprint density at radius 1 is 1.21 bits per heavy atom. The number of fused-ring (bicyclic) bond motifs is 1. The number of hydrogen-bond donors (Lipinski definition) is 1. The highest BCUT2D eigenvalue weighted by atomic mass is 32.1. The van der Waals surface area contributed by atoms with Crippen LogP contribution in [0.25, 0.3) is 0 Å². The Hall–Kier alpha value is -2.01. The van der Waals surface area contributed by atoms with Crippen LogP contribution in [0.3, 0.4) is 0 Å². The van der Waals surface area contributed by atoms with Gasteiger partial charge in [0.1, 0.15) is 0 Å². The molecule has 1 aromatic carbocycles. The molecule has 1 saturated heterocycles. The van der Waals surface area contributed by atoms with Crippen LogP contribution in [0.15, 0.2) is 41.8 Å². The fourth-order valence-electron chi connectivity index (χ4n) is 3.64. The summed E-state index contributed by atoms with van der Waals surface area (Å²) in [5, 5.41) is 5.28. The second-order valence-electron chi connectivity index (χ2n) is 6.66. The van der Waals surface area contributed by atoms with Gasteiger partial charge in [0.2, 0.25) is 0 Å². The number of benzene rings is 1. The van der Waals surface area contributed by atoms with Gasteiger partial charge in [0.15, 0.2) is 0 Å². The van der Waals surface area contributed by atoms with E-state index in [1.165, 1.54) is 16.1 Å². The van der Waals surface area contributed by atoms with E-state index in [1.54, 1.807) is 0 Å². The number of para-hydroxylation sites is 1. The molecule has 24 heavy (non-hydrogen) atoms. The van der Waals surface area contributed by atoms with Crippen molar-refractivity contribution in [1.82, 2.24) is 10.2 Å². The molecule has 2 aliphatic rings. The number of carbonyl (C=O) groups excluding carboxylic acids is 1. The Kier molecular flexibility index (Phi) is 4.43. The van der Waals surface area contributed by atoms with Crippen molar-refractivity contribution >= 4 is 23.1 Å². The van der Waals surface area contributed by atoms with Crippen LogP contribution in [0.2, 0.25) is 0 Å². The van der Waals surface area contributed by atoms with Gasteiger partial charge in [0.05, 0.1) is 0 Å². The van der Waals surface area contributed by atoms with Crippen molar-refractivity contribution in [2.45, 2.75) is 19.4 Å². The second kappa shape index (κ2) is 6.85. The highest BCUT2D eigenvalue weighted by Gasteiger charge is 2.25. The van der Waals surface area contributed by atoms with Gasteiger partial charge in [-0.3, -0.25) is 0 Å². The molecule has 3 heterocycles. The van der Waals surface area contributed by atoms with E-state index in [4.69, 9.17) is 0 Å². The normalized spacial score (nSPS) is 20.1. The first-order valence-corrected chi connectivity index (χ1v) is 9.55. The highest BCUT2D eigenvalue weighted by molar-refractivity contribution is 7.10. The van der Waals surface area contributed by atoms with Gasteiger partial charge in [-0.2, -0.15) is 0 Å². The third-order valence-corrected chi connectivity index (χ3v) is 6.07. The van der Waals surface area contributed by atoms with Gasteiger partial charge >= 0.3 is 6.03 Å². The van der Waals surface area contributed by atoms with Crippen LogP contribution < -0.4 is 10.2 Å². The van der Waals surface area contributed by atoms with Crippen LogP contribution in [-0.2, 0) is 13.0 Å². The third kappa shape index (κ3) is 3.26. The molecule has 0 radical (unpaired) electrons. The molecule has 0 aliphatic carbocycles. The van der Waals surface area contributed by atoms with Crippen molar-refractivity contribution in [3.05, 3.63) is 52.2 Å². The summed E-state index contributed by atoms with van der Waals surface area (Å²) in [4.78, 5) is 18.2. The molecule has 1 N–H and O–H groups in total. The minimum absolute atomic E-state index is 0.0880. The molecule has 0 saturated carbocycles. The average molecular weight is 341 g/mol. The van der Waals surface area contributed by atoms with Crippen LogP contribution in [0.5, 0.6) is 0 Å². The van der Waals surface area contributed by atoms with Crippen molar-refractivity contribution in [1.29, 1.82) is 0 Å². The SMILES string of the molecule is O=C(NC[C@H]1CCN(c2ccccc2)C1)N1CCc2sccc2C1. The predicted octanol–water partition coefficient (Wildman–Crippen LogP) is 3.34. The molecule has 0 bridgehead atoms. The Labute approximate surface area is 147 Å². The lowest BCUT2D eigenvalue weighted by Gasteiger charge is -2.27. The number of urea groups is 1. The molecule has 126 valence electrons. The van der Waals surface area contributed by atoms with Crippen LogP contribution >= 0.6 is 11.3 Å². The lowest BCUT2D eigenvalue weighted by Crippen LogP contribution is -2.44. The van der Waals surface area contributed by atoms with E-state index in [1.807, 2.05) is 16.2 Å².